The molecular formula is C56H35BN2. The molecule has 10 aromatic carbocycles. The van der Waals surface area contributed by atoms with Crippen LogP contribution in [0.15, 0.2) is 212 Å². The monoisotopic (exact) mass is 746 g/mol. The average Bonchev–Trinajstić information content (AvgIpc) is 3.66. The van der Waals surface area contributed by atoms with Gasteiger partial charge >= 0.3 is 6.85 Å². The largest absolute Gasteiger partial charge is 0.375 e. The molecule has 0 bridgehead atoms. The number of anilines is 3. The van der Waals surface area contributed by atoms with E-state index in [-0.39, 0.29) is 6.85 Å². The molecule has 11 aromatic rings. The summed E-state index contributed by atoms with van der Waals surface area (Å²) < 4.78 is 2.69. The van der Waals surface area contributed by atoms with E-state index >= 15 is 0 Å². The molecule has 0 aliphatic carbocycles. The average molecular weight is 747 g/mol. The second-order valence-corrected chi connectivity index (χ2v) is 16.0. The van der Waals surface area contributed by atoms with Gasteiger partial charge in [0.05, 0.1) is 0 Å². The van der Waals surface area contributed by atoms with E-state index in [1.807, 2.05) is 0 Å². The third-order valence-electron chi connectivity index (χ3n) is 12.9. The third kappa shape index (κ3) is 4.70. The number of hydrogen-bond acceptors (Lipinski definition) is 1. The van der Waals surface area contributed by atoms with Crippen LogP contribution in [0.25, 0.3) is 87.9 Å². The van der Waals surface area contributed by atoms with Crippen LogP contribution in [-0.2, 0) is 0 Å². The van der Waals surface area contributed by atoms with Gasteiger partial charge in [-0.25, -0.2) is 0 Å². The first kappa shape index (κ1) is 32.5. The summed E-state index contributed by atoms with van der Waals surface area (Å²) in [6.07, 6.45) is 0. The molecule has 59 heavy (non-hydrogen) atoms. The molecule has 0 unspecified atom stereocenters. The molecule has 0 saturated carbocycles. The third-order valence-corrected chi connectivity index (χ3v) is 12.9. The standard InChI is InChI=1S/C56H35BN2/c1-4-13-36(14-5-1)39-23-28-44(29-24-39)58-50-31-27-42(38-17-8-3-9-18-38)34-49(50)57-55-52(58)35-43-33-41(37-15-6-2-7-16-37)25-30-46(43)54(55)48-22-12-21-47-53-45-20-11-10-19-40(45)26-32-51(53)59(57)56(47)48/h1-35H. The van der Waals surface area contributed by atoms with Crippen LogP contribution in [0.3, 0.4) is 0 Å². The molecule has 0 saturated heterocycles. The summed E-state index contributed by atoms with van der Waals surface area (Å²) >= 11 is 0. The van der Waals surface area contributed by atoms with E-state index in [1.165, 1.54) is 110 Å². The van der Waals surface area contributed by atoms with E-state index in [2.05, 4.69) is 222 Å². The minimum Gasteiger partial charge on any atom is -0.375 e. The summed E-state index contributed by atoms with van der Waals surface area (Å²) in [5.41, 5.74) is 18.7. The lowest BCUT2D eigenvalue weighted by Gasteiger charge is -2.41. The van der Waals surface area contributed by atoms with Gasteiger partial charge in [0.1, 0.15) is 0 Å². The maximum atomic E-state index is 2.69. The molecule has 0 radical (unpaired) electrons. The van der Waals surface area contributed by atoms with Gasteiger partial charge in [0.25, 0.3) is 0 Å². The molecule has 0 fully saturated rings. The zero-order chi connectivity index (χ0) is 38.6. The lowest BCUT2D eigenvalue weighted by molar-refractivity contribution is 1.26. The van der Waals surface area contributed by atoms with E-state index in [9.17, 15) is 0 Å². The van der Waals surface area contributed by atoms with Crippen molar-refractivity contribution in [1.82, 2.24) is 4.48 Å². The van der Waals surface area contributed by atoms with E-state index < -0.39 is 0 Å². The van der Waals surface area contributed by atoms with Crippen molar-refractivity contribution in [3.63, 3.8) is 0 Å². The topological polar surface area (TPSA) is 8.17 Å². The first-order chi connectivity index (χ1) is 29.3. The van der Waals surface area contributed by atoms with Gasteiger partial charge in [-0.15, -0.1) is 0 Å². The van der Waals surface area contributed by atoms with Crippen molar-refractivity contribution in [2.24, 2.45) is 0 Å². The first-order valence-electron chi connectivity index (χ1n) is 20.5. The molecule has 272 valence electrons. The first-order valence-corrected chi connectivity index (χ1v) is 20.5. The molecule has 13 rings (SSSR count). The maximum absolute atomic E-state index is 2.69. The van der Waals surface area contributed by atoms with Crippen LogP contribution in [-0.4, -0.2) is 11.3 Å². The Morgan fingerprint density at radius 3 is 1.73 bits per heavy atom. The fourth-order valence-electron chi connectivity index (χ4n) is 10.4. The van der Waals surface area contributed by atoms with Crippen LogP contribution in [0.4, 0.5) is 17.1 Å². The molecule has 0 spiro atoms. The Morgan fingerprint density at radius 1 is 0.373 bits per heavy atom. The second kappa shape index (κ2) is 12.4. The fraction of sp³-hybridized carbons (Fsp3) is 0. The predicted octanol–water partition coefficient (Wildman–Crippen LogP) is 13.5. The minimum absolute atomic E-state index is 0.0623. The summed E-state index contributed by atoms with van der Waals surface area (Å²) in [7, 11) is 0. The molecule has 3 heterocycles. The minimum atomic E-state index is -0.0623. The lowest BCUT2D eigenvalue weighted by atomic mass is 9.44. The Balaban J connectivity index is 1.17. The zero-order valence-corrected chi connectivity index (χ0v) is 32.2. The van der Waals surface area contributed by atoms with Crippen LogP contribution < -0.4 is 15.8 Å². The highest BCUT2D eigenvalue weighted by atomic mass is 15.2. The van der Waals surface area contributed by atoms with Crippen LogP contribution in [0, 0.1) is 0 Å². The number of nitrogens with zero attached hydrogens (tertiary/aromatic N) is 2. The molecule has 2 aliphatic rings. The number of fused-ring (bicyclic) bond motifs is 11. The van der Waals surface area contributed by atoms with Gasteiger partial charge in [0.2, 0.25) is 0 Å². The highest BCUT2D eigenvalue weighted by molar-refractivity contribution is 6.90. The van der Waals surface area contributed by atoms with Crippen molar-refractivity contribution in [1.29, 1.82) is 0 Å². The van der Waals surface area contributed by atoms with Crippen molar-refractivity contribution in [3.8, 4) is 44.5 Å². The van der Waals surface area contributed by atoms with Crippen molar-refractivity contribution in [3.05, 3.63) is 212 Å². The molecular weight excluding hydrogens is 711 g/mol. The van der Waals surface area contributed by atoms with Crippen molar-refractivity contribution in [2.75, 3.05) is 4.90 Å². The van der Waals surface area contributed by atoms with Gasteiger partial charge in [-0.3, -0.25) is 0 Å². The Morgan fingerprint density at radius 2 is 0.983 bits per heavy atom. The summed E-state index contributed by atoms with van der Waals surface area (Å²) in [6.45, 7) is -0.0623. The quantitative estimate of drug-likeness (QED) is 0.163. The van der Waals surface area contributed by atoms with Crippen molar-refractivity contribution in [2.45, 2.75) is 0 Å². The van der Waals surface area contributed by atoms with Gasteiger partial charge in [-0.05, 0) is 108 Å². The Labute approximate surface area is 343 Å². The molecule has 2 nitrogen and oxygen atoms in total. The van der Waals surface area contributed by atoms with Gasteiger partial charge in [0.15, 0.2) is 0 Å². The van der Waals surface area contributed by atoms with Crippen LogP contribution in [0.5, 0.6) is 0 Å². The SMILES string of the molecule is c1ccc(-c2ccc(N3c4ccc(-c5ccccc5)cc4B4c5c3cc3cc(-c6ccccc6)ccc3c5-c3cccc5c6c7ccccc7ccc6n4c35)cc2)cc1. The summed E-state index contributed by atoms with van der Waals surface area (Å²) in [4.78, 5) is 2.54. The summed E-state index contributed by atoms with van der Waals surface area (Å²) in [5.74, 6) is 0. The van der Waals surface area contributed by atoms with E-state index in [0.29, 0.717) is 0 Å². The Kier molecular flexibility index (Phi) is 6.85. The normalized spacial score (nSPS) is 12.7. The predicted molar refractivity (Wildman–Crippen MR) is 251 cm³/mol. The number of benzene rings is 10. The van der Waals surface area contributed by atoms with Crippen molar-refractivity contribution >= 4 is 78.2 Å². The zero-order valence-electron chi connectivity index (χ0n) is 32.2. The van der Waals surface area contributed by atoms with E-state index in [4.69, 9.17) is 0 Å². The number of rotatable bonds is 4. The van der Waals surface area contributed by atoms with E-state index in [1.54, 1.807) is 0 Å². The molecule has 0 amide bonds. The number of aromatic nitrogens is 1. The highest BCUT2D eigenvalue weighted by Gasteiger charge is 2.43. The highest BCUT2D eigenvalue weighted by Crippen LogP contribution is 2.49. The van der Waals surface area contributed by atoms with Gasteiger partial charge in [-0.1, -0.05) is 176 Å². The van der Waals surface area contributed by atoms with Crippen LogP contribution in [0.2, 0.25) is 0 Å². The van der Waals surface area contributed by atoms with Gasteiger partial charge in [-0.2, -0.15) is 0 Å². The van der Waals surface area contributed by atoms with Crippen LogP contribution in [0.1, 0.15) is 0 Å². The molecule has 0 N–H and O–H groups in total. The Bertz CT molecular complexity index is 3480. The van der Waals surface area contributed by atoms with Gasteiger partial charge < -0.3 is 9.38 Å². The maximum Gasteiger partial charge on any atom is 0.333 e. The molecule has 1 aromatic heterocycles. The smallest absolute Gasteiger partial charge is 0.333 e. The summed E-state index contributed by atoms with van der Waals surface area (Å²) in [5, 5.41) is 7.71. The molecule has 2 aliphatic heterocycles. The molecule has 0 atom stereocenters. The Hall–Kier alpha value is -7.62. The molecule has 3 heteroatoms. The van der Waals surface area contributed by atoms with E-state index in [0.717, 1.165) is 5.69 Å². The van der Waals surface area contributed by atoms with Gasteiger partial charge in [0, 0.05) is 44.4 Å². The fourth-order valence-corrected chi connectivity index (χ4v) is 10.4. The number of para-hydroxylation sites is 1. The van der Waals surface area contributed by atoms with Crippen LogP contribution >= 0.6 is 0 Å². The number of hydrogen-bond donors (Lipinski definition) is 0. The second-order valence-electron chi connectivity index (χ2n) is 16.0. The lowest BCUT2D eigenvalue weighted by Crippen LogP contribution is -2.56. The van der Waals surface area contributed by atoms with Crippen molar-refractivity contribution < 1.29 is 0 Å². The summed E-state index contributed by atoms with van der Waals surface area (Å²) in [6, 6.07) is 78.8.